The summed E-state index contributed by atoms with van der Waals surface area (Å²) >= 11 is 3.22. The highest BCUT2D eigenvalue weighted by molar-refractivity contribution is 9.10. The summed E-state index contributed by atoms with van der Waals surface area (Å²) in [5, 5.41) is 7.30. The molecule has 1 rings (SSSR count). The monoisotopic (exact) mass is 275 g/mol. The van der Waals surface area contributed by atoms with Crippen LogP contribution in [0.15, 0.2) is 12.3 Å². The molecule has 0 fully saturated rings. The second-order valence-electron chi connectivity index (χ2n) is 3.10. The van der Waals surface area contributed by atoms with Crippen molar-refractivity contribution < 1.29 is 9.53 Å². The first-order chi connectivity index (χ1) is 7.13. The van der Waals surface area contributed by atoms with E-state index in [9.17, 15) is 4.79 Å². The van der Waals surface area contributed by atoms with Crippen molar-refractivity contribution in [2.24, 2.45) is 7.05 Å². The lowest BCUT2D eigenvalue weighted by Crippen LogP contribution is -2.29. The van der Waals surface area contributed by atoms with E-state index in [2.05, 4.69) is 31.1 Å². The first kappa shape index (κ1) is 12.2. The van der Waals surface area contributed by atoms with E-state index in [0.717, 1.165) is 5.69 Å². The Bertz CT molecular complexity index is 327. The van der Waals surface area contributed by atoms with Crippen LogP contribution in [0.1, 0.15) is 5.69 Å². The summed E-state index contributed by atoms with van der Waals surface area (Å²) in [6.07, 6.45) is 1.88. The van der Waals surface area contributed by atoms with Crippen LogP contribution in [-0.4, -0.2) is 34.2 Å². The molecule has 1 aromatic heterocycles. The number of hydrogen-bond acceptors (Lipinski definition) is 4. The van der Waals surface area contributed by atoms with Crippen LogP contribution < -0.4 is 5.32 Å². The minimum Gasteiger partial charge on any atom is -0.468 e. The van der Waals surface area contributed by atoms with Gasteiger partial charge in [0.1, 0.15) is 4.83 Å². The molecule has 0 radical (unpaired) electrons. The van der Waals surface area contributed by atoms with Crippen molar-refractivity contribution in [1.29, 1.82) is 0 Å². The Morgan fingerprint density at radius 1 is 1.80 bits per heavy atom. The molecule has 0 spiro atoms. The van der Waals surface area contributed by atoms with E-state index in [1.807, 2.05) is 19.3 Å². The van der Waals surface area contributed by atoms with Gasteiger partial charge in [0.15, 0.2) is 0 Å². The number of aromatic nitrogens is 2. The molecule has 0 aromatic carbocycles. The zero-order chi connectivity index (χ0) is 11.3. The van der Waals surface area contributed by atoms with E-state index in [1.165, 1.54) is 7.11 Å². The lowest BCUT2D eigenvalue weighted by Gasteiger charge is -2.07. The number of alkyl halides is 1. The largest absolute Gasteiger partial charge is 0.468 e. The number of aryl methyl sites for hydroxylation is 1. The van der Waals surface area contributed by atoms with Crippen LogP contribution >= 0.6 is 15.9 Å². The van der Waals surface area contributed by atoms with Crippen molar-refractivity contribution in [2.75, 3.05) is 13.7 Å². The Morgan fingerprint density at radius 3 is 3.07 bits per heavy atom. The SMILES string of the molecule is COC(=O)C(Br)CNCc1ccn(C)n1. The Kier molecular flexibility index (Phi) is 4.77. The van der Waals surface area contributed by atoms with Gasteiger partial charge in [-0.15, -0.1) is 0 Å². The Labute approximate surface area is 96.9 Å². The summed E-state index contributed by atoms with van der Waals surface area (Å²) in [6, 6.07) is 1.92. The van der Waals surface area contributed by atoms with E-state index in [1.54, 1.807) is 4.68 Å². The van der Waals surface area contributed by atoms with Gasteiger partial charge >= 0.3 is 5.97 Å². The molecule has 1 aromatic rings. The normalized spacial score (nSPS) is 12.5. The lowest BCUT2D eigenvalue weighted by atomic mass is 10.4. The maximum atomic E-state index is 11.0. The minimum atomic E-state index is -0.314. The predicted octanol–water partition coefficient (Wildman–Crippen LogP) is 0.446. The van der Waals surface area contributed by atoms with Crippen molar-refractivity contribution in [3.63, 3.8) is 0 Å². The Hall–Kier alpha value is -0.880. The number of methoxy groups -OCH3 is 1. The third-order valence-corrected chi connectivity index (χ3v) is 2.55. The molecular weight excluding hydrogens is 262 g/mol. The standard InChI is InChI=1S/C9H14BrN3O2/c1-13-4-3-7(12-13)5-11-6-8(10)9(14)15-2/h3-4,8,11H,5-6H2,1-2H3. The zero-order valence-electron chi connectivity index (χ0n) is 8.74. The van der Waals surface area contributed by atoms with E-state index in [0.29, 0.717) is 13.1 Å². The molecule has 84 valence electrons. The lowest BCUT2D eigenvalue weighted by molar-refractivity contribution is -0.139. The average Bonchev–Trinajstić information content (AvgIpc) is 2.63. The molecular formula is C9H14BrN3O2. The predicted molar refractivity (Wildman–Crippen MR) is 59.6 cm³/mol. The van der Waals surface area contributed by atoms with Crippen molar-refractivity contribution >= 4 is 21.9 Å². The highest BCUT2D eigenvalue weighted by atomic mass is 79.9. The highest BCUT2D eigenvalue weighted by Gasteiger charge is 2.14. The fraction of sp³-hybridized carbons (Fsp3) is 0.556. The number of carbonyl (C=O) groups excluding carboxylic acids is 1. The summed E-state index contributed by atoms with van der Waals surface area (Å²) in [5.41, 5.74) is 0.946. The van der Waals surface area contributed by atoms with Crippen LogP contribution in [-0.2, 0) is 23.1 Å². The van der Waals surface area contributed by atoms with Crippen LogP contribution in [0.3, 0.4) is 0 Å². The molecule has 0 saturated heterocycles. The third-order valence-electron chi connectivity index (χ3n) is 1.86. The topological polar surface area (TPSA) is 56.1 Å². The Balaban J connectivity index is 2.24. The first-order valence-corrected chi connectivity index (χ1v) is 5.46. The summed E-state index contributed by atoms with van der Waals surface area (Å²) in [6.45, 7) is 1.16. The third kappa shape index (κ3) is 4.01. The first-order valence-electron chi connectivity index (χ1n) is 4.54. The quantitative estimate of drug-likeness (QED) is 0.626. The number of ether oxygens (including phenoxy) is 1. The van der Waals surface area contributed by atoms with Gasteiger partial charge in [-0.2, -0.15) is 5.10 Å². The van der Waals surface area contributed by atoms with Crippen LogP contribution in [0.25, 0.3) is 0 Å². The molecule has 1 atom stereocenters. The van der Waals surface area contributed by atoms with Gasteiger partial charge in [-0.25, -0.2) is 0 Å². The molecule has 1 unspecified atom stereocenters. The van der Waals surface area contributed by atoms with Crippen LogP contribution in [0.5, 0.6) is 0 Å². The van der Waals surface area contributed by atoms with E-state index in [4.69, 9.17) is 0 Å². The fourth-order valence-corrected chi connectivity index (χ4v) is 1.51. The van der Waals surface area contributed by atoms with Gasteiger partial charge < -0.3 is 10.1 Å². The van der Waals surface area contributed by atoms with Crippen molar-refractivity contribution in [3.05, 3.63) is 18.0 Å². The van der Waals surface area contributed by atoms with E-state index < -0.39 is 0 Å². The molecule has 0 bridgehead atoms. The molecule has 0 aliphatic rings. The molecule has 1 N–H and O–H groups in total. The molecule has 1 heterocycles. The number of hydrogen-bond donors (Lipinski definition) is 1. The molecule has 5 nitrogen and oxygen atoms in total. The number of halogens is 1. The fourth-order valence-electron chi connectivity index (χ4n) is 1.10. The Morgan fingerprint density at radius 2 is 2.53 bits per heavy atom. The maximum Gasteiger partial charge on any atom is 0.320 e. The zero-order valence-corrected chi connectivity index (χ0v) is 10.3. The van der Waals surface area contributed by atoms with Crippen LogP contribution in [0.4, 0.5) is 0 Å². The molecule has 0 aliphatic carbocycles. The molecule has 6 heteroatoms. The smallest absolute Gasteiger partial charge is 0.320 e. The second-order valence-corrected chi connectivity index (χ2v) is 4.21. The molecule has 0 saturated carbocycles. The summed E-state index contributed by atoms with van der Waals surface area (Å²) in [7, 11) is 3.24. The molecule has 15 heavy (non-hydrogen) atoms. The van der Waals surface area contributed by atoms with Crippen molar-refractivity contribution in [3.8, 4) is 0 Å². The number of nitrogens with zero attached hydrogens (tertiary/aromatic N) is 2. The van der Waals surface area contributed by atoms with E-state index >= 15 is 0 Å². The van der Waals surface area contributed by atoms with Gasteiger partial charge in [0.25, 0.3) is 0 Å². The number of esters is 1. The van der Waals surface area contributed by atoms with Gasteiger partial charge in [0, 0.05) is 26.3 Å². The van der Waals surface area contributed by atoms with Gasteiger partial charge in [0.2, 0.25) is 0 Å². The highest BCUT2D eigenvalue weighted by Crippen LogP contribution is 2.00. The van der Waals surface area contributed by atoms with Gasteiger partial charge in [-0.3, -0.25) is 9.48 Å². The van der Waals surface area contributed by atoms with Crippen molar-refractivity contribution in [1.82, 2.24) is 15.1 Å². The molecule has 0 amide bonds. The maximum absolute atomic E-state index is 11.0. The minimum absolute atomic E-state index is 0.275. The molecule has 0 aliphatic heterocycles. The second kappa shape index (κ2) is 5.87. The number of rotatable bonds is 5. The van der Waals surface area contributed by atoms with Crippen LogP contribution in [0, 0.1) is 0 Å². The number of nitrogens with one attached hydrogen (secondary N) is 1. The van der Waals surface area contributed by atoms with Crippen LogP contribution in [0.2, 0.25) is 0 Å². The summed E-state index contributed by atoms with van der Waals surface area (Å²) in [5.74, 6) is -0.275. The van der Waals surface area contributed by atoms with Crippen molar-refractivity contribution in [2.45, 2.75) is 11.4 Å². The van der Waals surface area contributed by atoms with Gasteiger partial charge in [-0.1, -0.05) is 15.9 Å². The average molecular weight is 276 g/mol. The summed E-state index contributed by atoms with van der Waals surface area (Å²) < 4.78 is 6.31. The van der Waals surface area contributed by atoms with Gasteiger partial charge in [0.05, 0.1) is 12.8 Å². The van der Waals surface area contributed by atoms with E-state index in [-0.39, 0.29) is 10.8 Å². The summed E-state index contributed by atoms with van der Waals surface area (Å²) in [4.78, 5) is 10.7. The number of carbonyl (C=O) groups is 1. The van der Waals surface area contributed by atoms with Gasteiger partial charge in [-0.05, 0) is 6.07 Å².